The number of hydrogen-bond donors (Lipinski definition) is 0. The molecule has 1 aliphatic carbocycles. The van der Waals surface area contributed by atoms with E-state index in [1.165, 1.54) is 0 Å². The minimum absolute atomic E-state index is 0. The third-order valence-electron chi connectivity index (χ3n) is 1.14. The van der Waals surface area contributed by atoms with Gasteiger partial charge in [-0.3, -0.25) is 0 Å². The number of carbonyl (C=O) groups is 2. The van der Waals surface area contributed by atoms with Crippen LogP contribution in [0.25, 0.3) is 0 Å². The van der Waals surface area contributed by atoms with Crippen LogP contribution in [0.15, 0.2) is 28.4 Å². The number of rotatable bonds is 0. The zero-order valence-electron chi connectivity index (χ0n) is 10.1. The molecule has 0 N–H and O–H groups in total. The monoisotopic (exact) mass is 605 g/mol. The smallest absolute Gasteiger partial charge is 0.542 e. The number of carboxylic acids is 2. The van der Waals surface area contributed by atoms with Gasteiger partial charge >= 0.3 is 39.7 Å². The van der Waals surface area contributed by atoms with Gasteiger partial charge < -0.3 is 19.8 Å². The summed E-state index contributed by atoms with van der Waals surface area (Å²) in [6, 6.07) is 0. The van der Waals surface area contributed by atoms with Crippen molar-refractivity contribution in [1.29, 1.82) is 0 Å². The zero-order valence-corrected chi connectivity index (χ0v) is 15.6. The average molecular weight is 605 g/mol. The van der Waals surface area contributed by atoms with E-state index in [-0.39, 0.29) is 34.7 Å². The normalized spacial score (nSPS) is 12.0. The summed E-state index contributed by atoms with van der Waals surface area (Å²) in [5, 5.41) is 17.6. The standard InChI is InChI=1S/C6H4Br.2C2HF3O2.CH4.Pb/c7-6-4-2-1-3-5-6;2*3-2(4,5)1(6)7;;/h2-5H;2*(H,6,7);1H4;/q;;;;+2/p-2. The molecule has 0 saturated carbocycles. The minimum atomic E-state index is -5.19. The fourth-order valence-corrected chi connectivity index (χ4v) is 0.631. The van der Waals surface area contributed by atoms with Crippen LogP contribution in [0.1, 0.15) is 7.43 Å². The Kier molecular flexibility index (Phi) is 17.8. The van der Waals surface area contributed by atoms with Crippen molar-refractivity contribution in [3.8, 4) is 0 Å². The van der Waals surface area contributed by atoms with E-state index < -0.39 is 24.3 Å². The van der Waals surface area contributed by atoms with Gasteiger partial charge in [-0.2, -0.15) is 26.3 Å². The van der Waals surface area contributed by atoms with Crippen molar-refractivity contribution in [3.63, 3.8) is 0 Å². The fourth-order valence-electron chi connectivity index (χ4n) is 0.367. The molecule has 0 spiro atoms. The van der Waals surface area contributed by atoms with Crippen molar-refractivity contribution in [1.82, 2.24) is 0 Å². The van der Waals surface area contributed by atoms with Crippen molar-refractivity contribution >= 4 is 55.2 Å². The number of hydrogen-bond acceptors (Lipinski definition) is 4. The molecule has 12 heteroatoms. The number of halogens is 7. The molecule has 0 atom stereocenters. The molecule has 0 fully saturated rings. The molecule has 0 aromatic rings. The zero-order chi connectivity index (χ0) is 17.3. The van der Waals surface area contributed by atoms with Gasteiger partial charge in [-0.15, -0.1) is 5.73 Å². The Morgan fingerprint density at radius 1 is 0.957 bits per heavy atom. The summed E-state index contributed by atoms with van der Waals surface area (Å²) in [5.74, 6) is -6.01. The molecule has 0 amide bonds. The molecule has 0 saturated heterocycles. The summed E-state index contributed by atoms with van der Waals surface area (Å²) < 4.78 is 64.2. The quantitative estimate of drug-likeness (QED) is 0.235. The first-order valence-corrected chi connectivity index (χ1v) is 5.25. The Morgan fingerprint density at radius 2 is 1.26 bits per heavy atom. The Hall–Kier alpha value is -0.818. The Labute approximate surface area is 155 Å². The van der Waals surface area contributed by atoms with Gasteiger partial charge in [-0.05, 0) is 18.2 Å². The van der Waals surface area contributed by atoms with E-state index in [0.29, 0.717) is 0 Å². The summed E-state index contributed by atoms with van der Waals surface area (Å²) in [6.45, 7) is 0. The second-order valence-corrected chi connectivity index (χ2v) is 3.70. The molecule has 3 radical (unpaired) electrons. The van der Waals surface area contributed by atoms with Crippen LogP contribution >= 0.6 is 15.9 Å². The number of carbonyl (C=O) groups excluding carboxylic acids is 2. The molecular formula is C11H8BrF6O4Pb. The average Bonchev–Trinajstić information content (AvgIpc) is 2.28. The van der Waals surface area contributed by atoms with E-state index in [2.05, 4.69) is 21.7 Å². The second kappa shape index (κ2) is 13.6. The molecule has 0 bridgehead atoms. The molecule has 1 rings (SSSR count). The molecule has 0 aliphatic heterocycles. The predicted molar refractivity (Wildman–Crippen MR) is 68.6 cm³/mol. The molecular weight excluding hydrogens is 597 g/mol. The Balaban J connectivity index is -0.000000113. The van der Waals surface area contributed by atoms with E-state index in [0.717, 1.165) is 4.48 Å². The predicted octanol–water partition coefficient (Wildman–Crippen LogP) is 1.05. The molecule has 0 aromatic heterocycles. The van der Waals surface area contributed by atoms with Gasteiger partial charge in [0.05, 0.1) is 0 Å². The molecule has 4 nitrogen and oxygen atoms in total. The maximum absolute atomic E-state index is 10.5. The van der Waals surface area contributed by atoms with Gasteiger partial charge in [0, 0.05) is 10.9 Å². The maximum Gasteiger partial charge on any atom is 2.00 e. The summed E-state index contributed by atoms with van der Waals surface area (Å²) in [6.07, 6.45) is -2.77. The summed E-state index contributed by atoms with van der Waals surface area (Å²) in [7, 11) is 0. The van der Waals surface area contributed by atoms with Crippen molar-refractivity contribution < 1.29 is 46.1 Å². The number of aliphatic carboxylic acids is 2. The van der Waals surface area contributed by atoms with Crippen LogP contribution in [0.4, 0.5) is 26.3 Å². The molecule has 0 heterocycles. The number of allylic oxidation sites excluding steroid dienone is 3. The third kappa shape index (κ3) is 21.2. The summed E-state index contributed by atoms with van der Waals surface area (Å²) in [4.78, 5) is 17.6. The van der Waals surface area contributed by atoms with Crippen molar-refractivity contribution in [2.24, 2.45) is 0 Å². The Morgan fingerprint density at radius 3 is 1.35 bits per heavy atom. The van der Waals surface area contributed by atoms with E-state index in [1.807, 2.05) is 24.6 Å². The molecule has 0 unspecified atom stereocenters. The van der Waals surface area contributed by atoms with E-state index >= 15 is 0 Å². The maximum atomic E-state index is 10.5. The van der Waals surface area contributed by atoms with Crippen molar-refractivity contribution in [3.05, 3.63) is 34.9 Å². The van der Waals surface area contributed by atoms with Crippen LogP contribution in [0.2, 0.25) is 0 Å². The van der Waals surface area contributed by atoms with Crippen LogP contribution in [0.5, 0.6) is 0 Å². The SMILES string of the molecule is BrC1=CC=C=C[CH]1.C.O=C([O-])C(F)(F)F.O=C([O-])C(F)(F)F.[Pb+2]. The van der Waals surface area contributed by atoms with E-state index in [9.17, 15) is 26.3 Å². The van der Waals surface area contributed by atoms with Gasteiger partial charge in [0.15, 0.2) is 0 Å². The van der Waals surface area contributed by atoms with E-state index in [4.69, 9.17) is 19.8 Å². The van der Waals surface area contributed by atoms with Crippen LogP contribution in [-0.4, -0.2) is 51.6 Å². The van der Waals surface area contributed by atoms with Crippen molar-refractivity contribution in [2.45, 2.75) is 19.8 Å². The second-order valence-electron chi connectivity index (χ2n) is 2.79. The van der Waals surface area contributed by atoms with Crippen LogP contribution in [0, 0.1) is 6.42 Å². The Bertz CT molecular complexity index is 440. The largest absolute Gasteiger partial charge is 2.00 e. The van der Waals surface area contributed by atoms with Crippen LogP contribution in [0.3, 0.4) is 0 Å². The first-order valence-electron chi connectivity index (χ1n) is 4.46. The van der Waals surface area contributed by atoms with Gasteiger partial charge in [-0.1, -0.05) is 23.4 Å². The van der Waals surface area contributed by atoms with E-state index in [1.54, 1.807) is 0 Å². The van der Waals surface area contributed by atoms with Crippen LogP contribution in [-0.2, 0) is 9.59 Å². The molecule has 129 valence electrons. The molecule has 0 aromatic carbocycles. The van der Waals surface area contributed by atoms with Crippen molar-refractivity contribution in [2.75, 3.05) is 0 Å². The fraction of sp³-hybridized carbons (Fsp3) is 0.273. The minimum Gasteiger partial charge on any atom is -0.542 e. The topological polar surface area (TPSA) is 80.3 Å². The van der Waals surface area contributed by atoms with Gasteiger partial charge in [0.25, 0.3) is 0 Å². The van der Waals surface area contributed by atoms with Gasteiger partial charge in [-0.25, -0.2) is 0 Å². The molecule has 23 heavy (non-hydrogen) atoms. The summed E-state index contributed by atoms with van der Waals surface area (Å²) >= 11 is 3.29. The first-order chi connectivity index (χ1) is 9.28. The first kappa shape index (κ1) is 30.1. The number of carboxylic acid groups (broad SMARTS) is 2. The molecule has 1 aliphatic rings. The number of alkyl halides is 6. The van der Waals surface area contributed by atoms with Gasteiger partial charge in [0.1, 0.15) is 11.9 Å². The third-order valence-corrected chi connectivity index (χ3v) is 1.67. The van der Waals surface area contributed by atoms with Gasteiger partial charge in [0.2, 0.25) is 0 Å². The summed E-state index contributed by atoms with van der Waals surface area (Å²) in [5.41, 5.74) is 2.90. The van der Waals surface area contributed by atoms with Crippen LogP contribution < -0.4 is 10.2 Å².